The van der Waals surface area contributed by atoms with Crippen LogP contribution in [0.15, 0.2) is 156 Å². The minimum absolute atomic E-state index is 0.0890. The van der Waals surface area contributed by atoms with E-state index < -0.39 is 0 Å². The Kier molecular flexibility index (Phi) is 7.98. The van der Waals surface area contributed by atoms with Crippen molar-refractivity contribution < 1.29 is 0 Å². The predicted molar refractivity (Wildman–Crippen MR) is 206 cm³/mol. The van der Waals surface area contributed by atoms with Crippen molar-refractivity contribution in [2.75, 3.05) is 0 Å². The fraction of sp³-hybridized carbons (Fsp3) is 0.205. The molecule has 0 bridgehead atoms. The second kappa shape index (κ2) is 13.1. The van der Waals surface area contributed by atoms with E-state index in [-0.39, 0.29) is 18.0 Å². The van der Waals surface area contributed by atoms with Crippen molar-refractivity contribution in [2.24, 2.45) is 16.8 Å². The van der Waals surface area contributed by atoms with Crippen molar-refractivity contribution in [3.63, 3.8) is 0 Å². The molecule has 3 aromatic carbocycles. The summed E-state index contributed by atoms with van der Waals surface area (Å²) >= 11 is 1.78. The molecule has 4 nitrogen and oxygen atoms in total. The lowest BCUT2D eigenvalue weighted by Gasteiger charge is -2.36. The Hall–Kier alpha value is -5.13. The maximum absolute atomic E-state index is 5.57. The van der Waals surface area contributed by atoms with Crippen LogP contribution in [0.1, 0.15) is 49.4 Å². The fourth-order valence-electron chi connectivity index (χ4n) is 7.69. The smallest absolute Gasteiger partial charge is 0.144 e. The largest absolute Gasteiger partial charge is 0.362 e. The second-order valence-electron chi connectivity index (χ2n) is 13.3. The first-order valence-electron chi connectivity index (χ1n) is 17.6. The van der Waals surface area contributed by atoms with Crippen molar-refractivity contribution in [1.82, 2.24) is 15.3 Å². The van der Waals surface area contributed by atoms with Crippen molar-refractivity contribution >= 4 is 42.9 Å². The molecule has 5 heteroatoms. The van der Waals surface area contributed by atoms with E-state index in [0.29, 0.717) is 5.92 Å². The molecular formula is C44H38N4S. The average molecular weight is 655 g/mol. The molecule has 4 aliphatic rings. The van der Waals surface area contributed by atoms with Gasteiger partial charge in [0.1, 0.15) is 12.0 Å². The van der Waals surface area contributed by atoms with E-state index in [9.17, 15) is 0 Å². The number of allylic oxidation sites excluding steroid dienone is 9. The first-order chi connectivity index (χ1) is 24.3. The summed E-state index contributed by atoms with van der Waals surface area (Å²) in [6.07, 6.45) is 25.6. The molecule has 5 aromatic rings. The van der Waals surface area contributed by atoms with Gasteiger partial charge in [0, 0.05) is 44.7 Å². The van der Waals surface area contributed by atoms with Crippen LogP contribution in [0.25, 0.3) is 37.1 Å². The third-order valence-corrected chi connectivity index (χ3v) is 11.4. The number of thiophene rings is 1. The normalized spacial score (nSPS) is 23.5. The molecule has 0 radical (unpaired) electrons. The van der Waals surface area contributed by atoms with Gasteiger partial charge in [-0.1, -0.05) is 134 Å². The topological polar surface area (TPSA) is 50.2 Å². The first kappa shape index (κ1) is 30.0. The highest BCUT2D eigenvalue weighted by Crippen LogP contribution is 2.41. The highest BCUT2D eigenvalue weighted by Gasteiger charge is 2.33. The van der Waals surface area contributed by atoms with Gasteiger partial charge in [0.25, 0.3) is 0 Å². The minimum Gasteiger partial charge on any atom is -0.362 e. The summed E-state index contributed by atoms with van der Waals surface area (Å²) in [6.45, 7) is 0. The van der Waals surface area contributed by atoms with Crippen LogP contribution in [0.4, 0.5) is 0 Å². The van der Waals surface area contributed by atoms with Gasteiger partial charge in [0.15, 0.2) is 0 Å². The van der Waals surface area contributed by atoms with Crippen LogP contribution in [0.5, 0.6) is 0 Å². The molecule has 3 heterocycles. The molecule has 3 aliphatic carbocycles. The van der Waals surface area contributed by atoms with E-state index in [1.807, 2.05) is 0 Å². The Labute approximate surface area is 291 Å². The molecule has 0 spiro atoms. The number of hydrogen-bond donors (Lipinski definition) is 1. The molecule has 0 saturated heterocycles. The van der Waals surface area contributed by atoms with Crippen molar-refractivity contribution in [1.29, 1.82) is 0 Å². The lowest BCUT2D eigenvalue weighted by molar-refractivity contribution is 0.566. The second-order valence-corrected chi connectivity index (χ2v) is 14.4. The summed E-state index contributed by atoms with van der Waals surface area (Å²) in [7, 11) is 0. The van der Waals surface area contributed by atoms with Crippen LogP contribution in [0, 0.1) is 11.8 Å². The third-order valence-electron chi connectivity index (χ3n) is 10.2. The highest BCUT2D eigenvalue weighted by molar-refractivity contribution is 7.26. The van der Waals surface area contributed by atoms with Crippen LogP contribution in [0.2, 0.25) is 0 Å². The van der Waals surface area contributed by atoms with E-state index in [1.54, 1.807) is 11.3 Å². The SMILES string of the molecule is C1=CCC(C2=C(c3ccccc3)C(C3CC=CCC3)=NC(C3=CCC(c4nc(-c5ccccc5)c5sc6ccccc6c5n4)C=C3)N2)C=C1. The predicted octanol–water partition coefficient (Wildman–Crippen LogP) is 10.8. The Balaban J connectivity index is 1.09. The minimum atomic E-state index is -0.135. The van der Waals surface area contributed by atoms with E-state index in [4.69, 9.17) is 15.0 Å². The van der Waals surface area contributed by atoms with Crippen molar-refractivity contribution in [3.8, 4) is 11.3 Å². The number of rotatable bonds is 6. The molecule has 1 N–H and O–H groups in total. The van der Waals surface area contributed by atoms with Gasteiger partial charge in [0.2, 0.25) is 0 Å². The van der Waals surface area contributed by atoms with E-state index >= 15 is 0 Å². The zero-order valence-electron chi connectivity index (χ0n) is 27.4. The van der Waals surface area contributed by atoms with E-state index in [0.717, 1.165) is 59.4 Å². The van der Waals surface area contributed by atoms with E-state index in [2.05, 4.69) is 145 Å². The van der Waals surface area contributed by atoms with Crippen molar-refractivity contribution in [3.05, 3.63) is 162 Å². The summed E-state index contributed by atoms with van der Waals surface area (Å²) in [6, 6.07) is 30.0. The summed E-state index contributed by atoms with van der Waals surface area (Å²) in [5.41, 5.74) is 9.49. The Morgan fingerprint density at radius 1 is 0.714 bits per heavy atom. The molecule has 9 rings (SSSR count). The fourth-order valence-corrected chi connectivity index (χ4v) is 8.85. The Morgan fingerprint density at radius 3 is 2.29 bits per heavy atom. The molecule has 4 unspecified atom stereocenters. The molecule has 0 fully saturated rings. The Morgan fingerprint density at radius 2 is 1.53 bits per heavy atom. The van der Waals surface area contributed by atoms with Gasteiger partial charge in [0.05, 0.1) is 21.6 Å². The zero-order valence-corrected chi connectivity index (χ0v) is 28.2. The van der Waals surface area contributed by atoms with E-state index in [1.165, 1.54) is 38.2 Å². The van der Waals surface area contributed by atoms with Gasteiger partial charge in [-0.05, 0) is 49.3 Å². The molecular weight excluding hydrogens is 617 g/mol. The lowest BCUT2D eigenvalue weighted by Crippen LogP contribution is -2.39. The molecule has 2 aromatic heterocycles. The summed E-state index contributed by atoms with van der Waals surface area (Å²) in [5.74, 6) is 1.65. The molecule has 4 atom stereocenters. The van der Waals surface area contributed by atoms with Gasteiger partial charge in [-0.2, -0.15) is 0 Å². The van der Waals surface area contributed by atoms with Crippen molar-refractivity contribution in [2.45, 2.75) is 44.2 Å². The van der Waals surface area contributed by atoms with Crippen LogP contribution >= 0.6 is 11.3 Å². The van der Waals surface area contributed by atoms with Crippen LogP contribution in [-0.2, 0) is 0 Å². The maximum atomic E-state index is 5.57. The van der Waals surface area contributed by atoms with Gasteiger partial charge >= 0.3 is 0 Å². The molecule has 49 heavy (non-hydrogen) atoms. The number of fused-ring (bicyclic) bond motifs is 3. The Bertz CT molecular complexity index is 2250. The summed E-state index contributed by atoms with van der Waals surface area (Å²) in [5, 5.41) is 5.18. The highest BCUT2D eigenvalue weighted by atomic mass is 32.1. The van der Waals surface area contributed by atoms with Crippen LogP contribution < -0.4 is 5.32 Å². The quantitative estimate of drug-likeness (QED) is 0.185. The number of hydrogen-bond acceptors (Lipinski definition) is 5. The number of aromatic nitrogens is 2. The number of nitrogens with zero attached hydrogens (tertiary/aromatic N) is 3. The number of benzene rings is 3. The summed E-state index contributed by atoms with van der Waals surface area (Å²) in [4.78, 5) is 16.1. The lowest BCUT2D eigenvalue weighted by atomic mass is 9.79. The standard InChI is InChI=1S/C44H38N4S/c1-5-15-29(16-6-1)37-38(30-17-7-2-8-18-30)45-43(46-39(37)31-19-9-3-10-20-31)33-25-27-34(28-26-33)44-47-40(32-21-11-4-12-22-32)42-41(48-44)35-23-13-14-24-36(35)49-42/h1-9,11-17,21-27,30-31,34,43,45H,10,18-20,28H2. The number of nitrogens with one attached hydrogen (secondary N) is 1. The van der Waals surface area contributed by atoms with Crippen LogP contribution in [0.3, 0.4) is 0 Å². The molecule has 1 aliphatic heterocycles. The molecule has 240 valence electrons. The zero-order chi connectivity index (χ0) is 32.6. The maximum Gasteiger partial charge on any atom is 0.144 e. The first-order valence-corrected chi connectivity index (χ1v) is 18.4. The average Bonchev–Trinajstić information content (AvgIpc) is 3.57. The van der Waals surface area contributed by atoms with Crippen LogP contribution in [-0.4, -0.2) is 21.8 Å². The molecule has 0 saturated carbocycles. The number of aliphatic imine (C=N–C) groups is 1. The van der Waals surface area contributed by atoms with Gasteiger partial charge in [-0.25, -0.2) is 9.97 Å². The van der Waals surface area contributed by atoms with Gasteiger partial charge in [-0.15, -0.1) is 11.3 Å². The van der Waals surface area contributed by atoms with Gasteiger partial charge in [-0.3, -0.25) is 4.99 Å². The third kappa shape index (κ3) is 5.72. The monoisotopic (exact) mass is 654 g/mol. The van der Waals surface area contributed by atoms with Gasteiger partial charge < -0.3 is 5.32 Å². The summed E-state index contributed by atoms with van der Waals surface area (Å²) < 4.78 is 2.40. The molecule has 0 amide bonds.